The molecule has 1 aliphatic heterocycles. The molecule has 0 bridgehead atoms. The van der Waals surface area contributed by atoms with Crippen molar-refractivity contribution in [1.29, 1.82) is 0 Å². The van der Waals surface area contributed by atoms with Crippen LogP contribution in [-0.4, -0.2) is 16.3 Å². The molecule has 0 fully saturated rings. The van der Waals surface area contributed by atoms with Crippen LogP contribution in [0, 0.1) is 0 Å². The molecule has 0 unspecified atom stereocenters. The van der Waals surface area contributed by atoms with Crippen molar-refractivity contribution < 1.29 is 0 Å². The zero-order valence-corrected chi connectivity index (χ0v) is 7.18. The molecule has 0 atom stereocenters. The van der Waals surface area contributed by atoms with Crippen LogP contribution in [0.25, 0.3) is 0 Å². The molecule has 2 N–H and O–H groups in total. The Hall–Kier alpha value is -1.03. The first-order valence-corrected chi connectivity index (χ1v) is 4.34. The fraction of sp³-hybridized carbons (Fsp3) is 0.625. The number of rotatable bonds is 1. The third-order valence-corrected chi connectivity index (χ3v) is 2.31. The molecule has 12 heavy (non-hydrogen) atoms. The van der Waals surface area contributed by atoms with Gasteiger partial charge in [-0.3, -0.25) is 14.6 Å². The zero-order valence-electron chi connectivity index (χ0n) is 7.18. The molecular weight excluding hydrogens is 154 g/mol. The molecule has 0 saturated heterocycles. The molecule has 0 aliphatic carbocycles. The van der Waals surface area contributed by atoms with Gasteiger partial charge in [-0.15, -0.1) is 0 Å². The van der Waals surface area contributed by atoms with E-state index < -0.39 is 0 Å². The van der Waals surface area contributed by atoms with Gasteiger partial charge >= 0.3 is 0 Å². The van der Waals surface area contributed by atoms with Crippen LogP contribution in [0.4, 0.5) is 0 Å². The number of H-pyrrole nitrogens is 1. The highest BCUT2D eigenvalue weighted by molar-refractivity contribution is 5.19. The van der Waals surface area contributed by atoms with Gasteiger partial charge in [0.05, 0.1) is 5.56 Å². The fourth-order valence-electron chi connectivity index (χ4n) is 1.61. The Morgan fingerprint density at radius 3 is 3.08 bits per heavy atom. The van der Waals surface area contributed by atoms with Gasteiger partial charge < -0.3 is 5.32 Å². The van der Waals surface area contributed by atoms with E-state index in [0.29, 0.717) is 0 Å². The highest BCUT2D eigenvalue weighted by Gasteiger charge is 2.15. The van der Waals surface area contributed by atoms with Gasteiger partial charge in [-0.1, -0.05) is 0 Å². The molecule has 1 aromatic heterocycles. The van der Waals surface area contributed by atoms with Gasteiger partial charge in [-0.2, -0.15) is 0 Å². The second kappa shape index (κ2) is 2.79. The van der Waals surface area contributed by atoms with Crippen LogP contribution < -0.4 is 10.9 Å². The van der Waals surface area contributed by atoms with Crippen molar-refractivity contribution in [3.8, 4) is 0 Å². The lowest BCUT2D eigenvalue weighted by atomic mass is 10.1. The number of hydrogen-bond donors (Lipinski definition) is 2. The monoisotopic (exact) mass is 167 g/mol. The number of aryl methyl sites for hydroxylation is 1. The summed E-state index contributed by atoms with van der Waals surface area (Å²) in [4.78, 5) is 11.5. The van der Waals surface area contributed by atoms with Crippen molar-refractivity contribution in [2.45, 2.75) is 26.4 Å². The predicted molar refractivity (Wildman–Crippen MR) is 46.1 cm³/mol. The Morgan fingerprint density at radius 1 is 1.58 bits per heavy atom. The van der Waals surface area contributed by atoms with E-state index in [9.17, 15) is 4.79 Å². The van der Waals surface area contributed by atoms with Crippen molar-refractivity contribution >= 4 is 0 Å². The first-order valence-electron chi connectivity index (χ1n) is 4.34. The zero-order chi connectivity index (χ0) is 8.55. The largest absolute Gasteiger partial charge is 0.312 e. The van der Waals surface area contributed by atoms with Gasteiger partial charge in [0.1, 0.15) is 0 Å². The second-order valence-electron chi connectivity index (χ2n) is 3.05. The Kier molecular flexibility index (Phi) is 1.77. The third kappa shape index (κ3) is 0.992. The predicted octanol–water partition coefficient (Wildman–Crippen LogP) is -0.158. The van der Waals surface area contributed by atoms with Crippen molar-refractivity contribution in [3.05, 3.63) is 21.6 Å². The molecule has 2 rings (SSSR count). The summed E-state index contributed by atoms with van der Waals surface area (Å²) < 4.78 is 1.66. The standard InChI is InChI=1S/C8H13N3O/c1-2-11-8(12)6-5-9-4-3-7(6)10-11/h9-10H,2-5H2,1H3. The molecule has 0 saturated carbocycles. The van der Waals surface area contributed by atoms with Crippen LogP contribution in [0.2, 0.25) is 0 Å². The van der Waals surface area contributed by atoms with Gasteiger partial charge in [-0.25, -0.2) is 0 Å². The summed E-state index contributed by atoms with van der Waals surface area (Å²) >= 11 is 0. The minimum absolute atomic E-state index is 0.139. The summed E-state index contributed by atoms with van der Waals surface area (Å²) in [7, 11) is 0. The second-order valence-corrected chi connectivity index (χ2v) is 3.05. The summed E-state index contributed by atoms with van der Waals surface area (Å²) in [5.41, 5.74) is 2.17. The topological polar surface area (TPSA) is 49.8 Å². The molecule has 0 amide bonds. The third-order valence-electron chi connectivity index (χ3n) is 2.31. The van der Waals surface area contributed by atoms with Crippen LogP contribution in [0.3, 0.4) is 0 Å². The maximum Gasteiger partial charge on any atom is 0.271 e. The summed E-state index contributed by atoms with van der Waals surface area (Å²) in [6.45, 7) is 4.39. The summed E-state index contributed by atoms with van der Waals surface area (Å²) in [5.74, 6) is 0. The van der Waals surface area contributed by atoms with Crippen LogP contribution in [-0.2, 0) is 19.5 Å². The molecule has 66 valence electrons. The average molecular weight is 167 g/mol. The van der Waals surface area contributed by atoms with Crippen LogP contribution >= 0.6 is 0 Å². The highest BCUT2D eigenvalue weighted by Crippen LogP contribution is 2.05. The lowest BCUT2D eigenvalue weighted by Gasteiger charge is -2.09. The Labute approximate surface area is 70.6 Å². The average Bonchev–Trinajstić information content (AvgIpc) is 2.44. The van der Waals surface area contributed by atoms with E-state index in [0.717, 1.165) is 37.3 Å². The van der Waals surface area contributed by atoms with Gasteiger partial charge in [-0.05, 0) is 6.92 Å². The van der Waals surface area contributed by atoms with E-state index in [1.54, 1.807) is 4.68 Å². The van der Waals surface area contributed by atoms with Crippen molar-refractivity contribution in [2.75, 3.05) is 6.54 Å². The smallest absolute Gasteiger partial charge is 0.271 e. The lowest BCUT2D eigenvalue weighted by Crippen LogP contribution is -2.27. The Morgan fingerprint density at radius 2 is 2.42 bits per heavy atom. The Bertz CT molecular complexity index is 337. The van der Waals surface area contributed by atoms with Gasteiger partial charge in [0.15, 0.2) is 0 Å². The van der Waals surface area contributed by atoms with Crippen molar-refractivity contribution in [3.63, 3.8) is 0 Å². The van der Waals surface area contributed by atoms with Gasteiger partial charge in [0.2, 0.25) is 0 Å². The number of hydrogen-bond acceptors (Lipinski definition) is 2. The van der Waals surface area contributed by atoms with E-state index in [1.165, 1.54) is 0 Å². The molecule has 4 nitrogen and oxygen atoms in total. The van der Waals surface area contributed by atoms with Gasteiger partial charge in [0.25, 0.3) is 5.56 Å². The molecule has 1 aliphatic rings. The summed E-state index contributed by atoms with van der Waals surface area (Å²) in [6.07, 6.45) is 0.942. The molecule has 0 aromatic carbocycles. The number of aromatic amines is 1. The molecule has 1 aromatic rings. The van der Waals surface area contributed by atoms with E-state index >= 15 is 0 Å². The lowest BCUT2D eigenvalue weighted by molar-refractivity contribution is 0.616. The number of nitrogens with zero attached hydrogens (tertiary/aromatic N) is 1. The number of nitrogens with one attached hydrogen (secondary N) is 2. The molecule has 0 radical (unpaired) electrons. The quantitative estimate of drug-likeness (QED) is 0.610. The van der Waals surface area contributed by atoms with E-state index in [1.807, 2.05) is 6.92 Å². The fourth-order valence-corrected chi connectivity index (χ4v) is 1.61. The summed E-state index contributed by atoms with van der Waals surface area (Å²) in [5, 5.41) is 6.30. The molecule has 2 heterocycles. The normalized spacial score (nSPS) is 16.1. The van der Waals surface area contributed by atoms with E-state index in [4.69, 9.17) is 0 Å². The summed E-state index contributed by atoms with van der Waals surface area (Å²) in [6, 6.07) is 0. The molecule has 4 heteroatoms. The first kappa shape index (κ1) is 7.61. The van der Waals surface area contributed by atoms with Crippen molar-refractivity contribution in [1.82, 2.24) is 15.1 Å². The number of aromatic nitrogens is 2. The first-order chi connectivity index (χ1) is 5.83. The highest BCUT2D eigenvalue weighted by atomic mass is 16.1. The maximum absolute atomic E-state index is 11.5. The van der Waals surface area contributed by atoms with Crippen molar-refractivity contribution in [2.24, 2.45) is 0 Å². The Balaban J connectivity index is 2.52. The molecular formula is C8H13N3O. The van der Waals surface area contributed by atoms with E-state index in [2.05, 4.69) is 10.4 Å². The van der Waals surface area contributed by atoms with Crippen LogP contribution in [0.5, 0.6) is 0 Å². The minimum Gasteiger partial charge on any atom is -0.312 e. The number of fused-ring (bicyclic) bond motifs is 1. The van der Waals surface area contributed by atoms with Crippen LogP contribution in [0.15, 0.2) is 4.79 Å². The van der Waals surface area contributed by atoms with Crippen LogP contribution in [0.1, 0.15) is 18.2 Å². The maximum atomic E-state index is 11.5. The minimum atomic E-state index is 0.139. The SMILES string of the molecule is CCn1[nH]c2c(c1=O)CNCC2. The molecule has 0 spiro atoms. The van der Waals surface area contributed by atoms with E-state index in [-0.39, 0.29) is 5.56 Å². The van der Waals surface area contributed by atoms with Gasteiger partial charge in [0, 0.05) is 31.7 Å².